The number of fused-ring (bicyclic) bond motifs is 2. The highest BCUT2D eigenvalue weighted by Crippen LogP contribution is 2.38. The second kappa shape index (κ2) is 11.6. The highest BCUT2D eigenvalue weighted by Gasteiger charge is 2.33. The Balaban J connectivity index is 1.35. The monoisotopic (exact) mass is 495 g/mol. The van der Waals surface area contributed by atoms with E-state index in [4.69, 9.17) is 9.97 Å². The van der Waals surface area contributed by atoms with Crippen LogP contribution in [-0.2, 0) is 12.8 Å². The van der Waals surface area contributed by atoms with Crippen molar-refractivity contribution in [1.82, 2.24) is 19.9 Å². The van der Waals surface area contributed by atoms with Gasteiger partial charge in [-0.1, -0.05) is 60.7 Å². The predicted octanol–water partition coefficient (Wildman–Crippen LogP) is 4.86. The second-order valence-electron chi connectivity index (χ2n) is 9.80. The molecule has 2 heterocycles. The van der Waals surface area contributed by atoms with E-state index >= 15 is 0 Å². The van der Waals surface area contributed by atoms with Crippen LogP contribution in [0.1, 0.15) is 41.1 Å². The van der Waals surface area contributed by atoms with Crippen molar-refractivity contribution in [3.8, 4) is 0 Å². The van der Waals surface area contributed by atoms with E-state index < -0.39 is 0 Å². The number of benzene rings is 2. The summed E-state index contributed by atoms with van der Waals surface area (Å²) < 4.78 is 0. The summed E-state index contributed by atoms with van der Waals surface area (Å²) in [5.41, 5.74) is 5.89. The number of hydrogen-bond donors (Lipinski definition) is 2. The van der Waals surface area contributed by atoms with Gasteiger partial charge < -0.3 is 15.5 Å². The van der Waals surface area contributed by atoms with Gasteiger partial charge in [-0.15, -0.1) is 13.2 Å². The van der Waals surface area contributed by atoms with Gasteiger partial charge in [0.15, 0.2) is 0 Å². The third-order valence-electron chi connectivity index (χ3n) is 7.52. The van der Waals surface area contributed by atoms with Gasteiger partial charge in [-0.3, -0.25) is 4.90 Å². The lowest BCUT2D eigenvalue weighted by atomic mass is 9.91. The van der Waals surface area contributed by atoms with Crippen LogP contribution in [-0.4, -0.2) is 59.1 Å². The Morgan fingerprint density at radius 1 is 0.838 bits per heavy atom. The number of aromatic nitrogens is 3. The first-order chi connectivity index (χ1) is 18.2. The lowest BCUT2D eigenvalue weighted by Crippen LogP contribution is -2.45. The smallest absolute Gasteiger partial charge is 0.231 e. The molecule has 5 rings (SSSR count). The minimum absolute atomic E-state index is 0.308. The first kappa shape index (κ1) is 25.0. The van der Waals surface area contributed by atoms with Gasteiger partial charge in [0.05, 0.1) is 6.04 Å². The molecule has 0 unspecified atom stereocenters. The third-order valence-corrected chi connectivity index (χ3v) is 7.52. The van der Waals surface area contributed by atoms with E-state index in [1.807, 2.05) is 0 Å². The maximum Gasteiger partial charge on any atom is 0.231 e. The van der Waals surface area contributed by atoms with Gasteiger partial charge in [0.25, 0.3) is 0 Å². The lowest BCUT2D eigenvalue weighted by Gasteiger charge is -2.41. The average molecular weight is 496 g/mol. The van der Waals surface area contributed by atoms with E-state index in [1.54, 1.807) is 12.2 Å². The number of nitrogens with one attached hydrogen (secondary N) is 2. The molecule has 2 aliphatic rings. The van der Waals surface area contributed by atoms with E-state index in [0.717, 1.165) is 38.8 Å². The summed E-state index contributed by atoms with van der Waals surface area (Å²) in [4.78, 5) is 18.8. The molecule has 0 saturated carbocycles. The zero-order valence-corrected chi connectivity index (χ0v) is 21.7. The fourth-order valence-electron chi connectivity index (χ4n) is 5.59. The van der Waals surface area contributed by atoms with Gasteiger partial charge >= 0.3 is 0 Å². The molecule has 192 valence electrons. The quantitative estimate of drug-likeness (QED) is 0.411. The van der Waals surface area contributed by atoms with Gasteiger partial charge in [-0.2, -0.15) is 15.0 Å². The molecule has 2 N–H and O–H groups in total. The Morgan fingerprint density at radius 2 is 1.35 bits per heavy atom. The average Bonchev–Trinajstić information content (AvgIpc) is 3.11. The number of rotatable bonds is 9. The van der Waals surface area contributed by atoms with Crippen LogP contribution >= 0.6 is 0 Å². The van der Waals surface area contributed by atoms with Crippen molar-refractivity contribution in [2.24, 2.45) is 0 Å². The van der Waals surface area contributed by atoms with Crippen molar-refractivity contribution in [3.63, 3.8) is 0 Å². The molecule has 0 spiro atoms. The summed E-state index contributed by atoms with van der Waals surface area (Å²) in [7, 11) is 2.10. The maximum absolute atomic E-state index is 4.70. The zero-order valence-electron chi connectivity index (χ0n) is 21.7. The van der Waals surface area contributed by atoms with Crippen LogP contribution in [0.15, 0.2) is 73.8 Å². The number of aryl methyl sites for hydroxylation is 2. The topological polar surface area (TPSA) is 69.2 Å². The van der Waals surface area contributed by atoms with E-state index in [2.05, 4.69) is 94.2 Å². The van der Waals surface area contributed by atoms with Crippen LogP contribution in [0.4, 0.5) is 17.8 Å². The van der Waals surface area contributed by atoms with Crippen molar-refractivity contribution in [1.29, 1.82) is 0 Å². The first-order valence-corrected chi connectivity index (χ1v) is 13.3. The summed E-state index contributed by atoms with van der Waals surface area (Å²) in [6, 6.07) is 18.7. The van der Waals surface area contributed by atoms with Gasteiger partial charge in [0.1, 0.15) is 0 Å². The molecule has 37 heavy (non-hydrogen) atoms. The van der Waals surface area contributed by atoms with Crippen LogP contribution in [0.2, 0.25) is 0 Å². The zero-order chi connectivity index (χ0) is 25.6. The fourth-order valence-corrected chi connectivity index (χ4v) is 5.59. The number of piperidine rings is 1. The van der Waals surface area contributed by atoms with Gasteiger partial charge in [0, 0.05) is 39.3 Å². The van der Waals surface area contributed by atoms with E-state index in [0.29, 0.717) is 43.0 Å². The molecule has 7 nitrogen and oxygen atoms in total. The fraction of sp³-hybridized carbons (Fsp3) is 0.367. The Morgan fingerprint density at radius 3 is 1.86 bits per heavy atom. The van der Waals surface area contributed by atoms with Crippen LogP contribution in [0.5, 0.6) is 0 Å². The number of anilines is 3. The molecule has 1 saturated heterocycles. The Kier molecular flexibility index (Phi) is 7.80. The molecule has 0 amide bonds. The van der Waals surface area contributed by atoms with Crippen LogP contribution in [0.3, 0.4) is 0 Å². The normalized spacial score (nSPS) is 16.2. The Hall–Kier alpha value is -3.71. The summed E-state index contributed by atoms with van der Waals surface area (Å²) >= 11 is 0. The summed E-state index contributed by atoms with van der Waals surface area (Å²) in [5, 5.41) is 6.41. The summed E-state index contributed by atoms with van der Waals surface area (Å²) in [6.45, 7) is 10.8. The minimum Gasteiger partial charge on any atom is -0.351 e. The van der Waals surface area contributed by atoms with Crippen molar-refractivity contribution >= 4 is 17.8 Å². The highest BCUT2D eigenvalue weighted by atomic mass is 15.3. The molecule has 0 atom stereocenters. The van der Waals surface area contributed by atoms with Crippen molar-refractivity contribution in [3.05, 3.63) is 96.1 Å². The number of likely N-dealkylation sites (tertiary alicyclic amines) is 1. The Bertz CT molecular complexity index is 1150. The molecule has 3 aromatic rings. The van der Waals surface area contributed by atoms with Crippen molar-refractivity contribution < 1.29 is 0 Å². The molecular formula is C30H37N7. The largest absolute Gasteiger partial charge is 0.351 e. The van der Waals surface area contributed by atoms with Gasteiger partial charge in [-0.25, -0.2) is 0 Å². The van der Waals surface area contributed by atoms with Crippen LogP contribution < -0.4 is 15.5 Å². The molecular weight excluding hydrogens is 458 g/mol. The van der Waals surface area contributed by atoms with Crippen molar-refractivity contribution in [2.75, 3.05) is 48.8 Å². The van der Waals surface area contributed by atoms with Gasteiger partial charge in [-0.05, 0) is 47.9 Å². The van der Waals surface area contributed by atoms with Crippen molar-refractivity contribution in [2.45, 2.75) is 37.8 Å². The predicted molar refractivity (Wildman–Crippen MR) is 152 cm³/mol. The van der Waals surface area contributed by atoms with E-state index in [9.17, 15) is 0 Å². The molecule has 1 aromatic heterocycles. The lowest BCUT2D eigenvalue weighted by molar-refractivity contribution is 0.172. The first-order valence-electron chi connectivity index (χ1n) is 13.3. The Labute approximate surface area is 220 Å². The van der Waals surface area contributed by atoms with Gasteiger partial charge in [0.2, 0.25) is 17.8 Å². The van der Waals surface area contributed by atoms with Crippen LogP contribution in [0.25, 0.3) is 0 Å². The molecule has 2 aromatic carbocycles. The summed E-state index contributed by atoms with van der Waals surface area (Å²) in [6.07, 6.45) is 7.90. The standard InChI is InChI=1S/C30H37N7/c1-4-18-31-28-33-29(32-19-5-2)35-30(34-28)36(3)24-16-20-37(21-17-24)27-25-12-8-6-10-22(25)14-15-23-11-7-9-13-26(23)27/h4-13,24,27H,1-2,14-21H2,3H3,(H2,31,32,33,34,35). The van der Waals surface area contributed by atoms with E-state index in [-0.39, 0.29) is 0 Å². The summed E-state index contributed by atoms with van der Waals surface area (Å²) in [5.74, 6) is 1.77. The molecule has 1 aliphatic heterocycles. The third kappa shape index (κ3) is 5.52. The SMILES string of the molecule is C=CCNc1nc(NCC=C)nc(N(C)C2CCN(C3c4ccccc4CCc4ccccc43)CC2)n1. The molecule has 0 radical (unpaired) electrons. The van der Waals surface area contributed by atoms with E-state index in [1.165, 1.54) is 22.3 Å². The second-order valence-corrected chi connectivity index (χ2v) is 9.80. The molecule has 7 heteroatoms. The minimum atomic E-state index is 0.308. The number of nitrogens with zero attached hydrogens (tertiary/aromatic N) is 5. The van der Waals surface area contributed by atoms with Crippen LogP contribution in [0, 0.1) is 0 Å². The molecule has 1 aliphatic carbocycles. The molecule has 0 bridgehead atoms. The molecule has 1 fully saturated rings. The maximum atomic E-state index is 4.70. The number of hydrogen-bond acceptors (Lipinski definition) is 7. The highest BCUT2D eigenvalue weighted by molar-refractivity contribution is 5.46.